The number of ether oxygens (including phenoxy) is 1. The van der Waals surface area contributed by atoms with E-state index in [2.05, 4.69) is 4.98 Å². The van der Waals surface area contributed by atoms with Crippen molar-refractivity contribution in [2.45, 2.75) is 25.0 Å². The lowest BCUT2D eigenvalue weighted by atomic mass is 10.0. The Kier molecular flexibility index (Phi) is 3.30. The van der Waals surface area contributed by atoms with Gasteiger partial charge in [-0.2, -0.15) is 0 Å². The van der Waals surface area contributed by atoms with E-state index in [0.717, 1.165) is 31.5 Å². The van der Waals surface area contributed by atoms with Crippen LogP contribution in [-0.2, 0) is 9.53 Å². The van der Waals surface area contributed by atoms with Crippen molar-refractivity contribution in [3.05, 3.63) is 30.1 Å². The summed E-state index contributed by atoms with van der Waals surface area (Å²) >= 11 is 0. The van der Waals surface area contributed by atoms with Gasteiger partial charge in [0, 0.05) is 32.5 Å². The highest BCUT2D eigenvalue weighted by atomic mass is 16.6. The predicted molar refractivity (Wildman–Crippen MR) is 70.8 cm³/mol. The van der Waals surface area contributed by atoms with E-state index in [9.17, 15) is 9.59 Å². The molecule has 1 aromatic heterocycles. The van der Waals surface area contributed by atoms with E-state index < -0.39 is 18.2 Å². The molecule has 6 nitrogen and oxygen atoms in total. The second-order valence-electron chi connectivity index (χ2n) is 5.17. The van der Waals surface area contributed by atoms with Crippen molar-refractivity contribution in [3.63, 3.8) is 0 Å². The summed E-state index contributed by atoms with van der Waals surface area (Å²) in [4.78, 5) is 31.6. The summed E-state index contributed by atoms with van der Waals surface area (Å²) in [5.41, 5.74) is 0.801. The molecule has 2 amide bonds. The SMILES string of the molecule is CN1C(=O)OC(c2ccncc2)C1C(=O)N1CCCC1. The van der Waals surface area contributed by atoms with Crippen LogP contribution in [0.15, 0.2) is 24.5 Å². The molecule has 0 saturated carbocycles. The highest BCUT2D eigenvalue weighted by Gasteiger charge is 2.46. The lowest BCUT2D eigenvalue weighted by Gasteiger charge is -2.25. The Morgan fingerprint density at radius 2 is 1.95 bits per heavy atom. The van der Waals surface area contributed by atoms with Crippen LogP contribution in [0.25, 0.3) is 0 Å². The molecule has 0 radical (unpaired) electrons. The Labute approximate surface area is 117 Å². The molecule has 6 heteroatoms. The zero-order chi connectivity index (χ0) is 14.1. The number of hydrogen-bond donors (Lipinski definition) is 0. The van der Waals surface area contributed by atoms with Gasteiger partial charge in [0.05, 0.1) is 0 Å². The molecule has 2 unspecified atom stereocenters. The van der Waals surface area contributed by atoms with Crippen LogP contribution in [0.5, 0.6) is 0 Å². The number of pyridine rings is 1. The Morgan fingerprint density at radius 3 is 2.60 bits per heavy atom. The van der Waals surface area contributed by atoms with Gasteiger partial charge in [0.2, 0.25) is 5.91 Å². The number of nitrogens with zero attached hydrogens (tertiary/aromatic N) is 3. The standard InChI is InChI=1S/C14H17N3O3/c1-16-11(13(18)17-8-2-3-9-17)12(20-14(16)19)10-4-6-15-7-5-10/h4-7,11-12H,2-3,8-9H2,1H3. The lowest BCUT2D eigenvalue weighted by Crippen LogP contribution is -2.46. The largest absolute Gasteiger partial charge is 0.438 e. The topological polar surface area (TPSA) is 62.7 Å². The fourth-order valence-corrected chi connectivity index (χ4v) is 2.80. The second-order valence-corrected chi connectivity index (χ2v) is 5.17. The van der Waals surface area contributed by atoms with Crippen molar-refractivity contribution < 1.29 is 14.3 Å². The maximum absolute atomic E-state index is 12.6. The maximum atomic E-state index is 12.6. The van der Waals surface area contributed by atoms with Crippen LogP contribution in [0.1, 0.15) is 24.5 Å². The van der Waals surface area contributed by atoms with Gasteiger partial charge >= 0.3 is 6.09 Å². The van der Waals surface area contributed by atoms with E-state index in [4.69, 9.17) is 4.74 Å². The normalized spacial score (nSPS) is 25.9. The fourth-order valence-electron chi connectivity index (χ4n) is 2.80. The molecule has 1 aromatic rings. The average Bonchev–Trinajstić information content (AvgIpc) is 3.09. The number of aromatic nitrogens is 1. The molecule has 0 aliphatic carbocycles. The van der Waals surface area contributed by atoms with Crippen molar-refractivity contribution in [2.24, 2.45) is 0 Å². The molecule has 2 saturated heterocycles. The van der Waals surface area contributed by atoms with E-state index in [-0.39, 0.29) is 5.91 Å². The van der Waals surface area contributed by atoms with Gasteiger partial charge in [0.15, 0.2) is 12.1 Å². The van der Waals surface area contributed by atoms with E-state index in [1.54, 1.807) is 31.6 Å². The number of rotatable bonds is 2. The van der Waals surface area contributed by atoms with Gasteiger partial charge in [-0.3, -0.25) is 14.7 Å². The molecule has 2 fully saturated rings. The Balaban J connectivity index is 1.88. The van der Waals surface area contributed by atoms with Gasteiger partial charge in [-0.25, -0.2) is 4.79 Å². The van der Waals surface area contributed by atoms with Gasteiger partial charge in [0.25, 0.3) is 0 Å². The molecule has 106 valence electrons. The Bertz CT molecular complexity index is 514. The minimum Gasteiger partial charge on any atom is -0.438 e. The molecular formula is C14H17N3O3. The monoisotopic (exact) mass is 275 g/mol. The third-order valence-electron chi connectivity index (χ3n) is 3.93. The molecule has 0 N–H and O–H groups in total. The average molecular weight is 275 g/mol. The molecule has 2 aliphatic rings. The van der Waals surface area contributed by atoms with Crippen LogP contribution in [-0.4, -0.2) is 53.0 Å². The first-order valence-corrected chi connectivity index (χ1v) is 6.80. The van der Waals surface area contributed by atoms with Crippen LogP contribution in [0.4, 0.5) is 4.79 Å². The molecule has 3 rings (SSSR count). The highest BCUT2D eigenvalue weighted by molar-refractivity contribution is 5.89. The first kappa shape index (κ1) is 12.9. The van der Waals surface area contributed by atoms with Crippen molar-refractivity contribution in [1.82, 2.24) is 14.8 Å². The fraction of sp³-hybridized carbons (Fsp3) is 0.500. The van der Waals surface area contributed by atoms with Crippen molar-refractivity contribution in [2.75, 3.05) is 20.1 Å². The number of carbonyl (C=O) groups is 2. The summed E-state index contributed by atoms with van der Waals surface area (Å²) in [5.74, 6) is -0.0299. The molecule has 2 atom stereocenters. The molecule has 0 aromatic carbocycles. The highest BCUT2D eigenvalue weighted by Crippen LogP contribution is 2.33. The Hall–Kier alpha value is -2.11. The van der Waals surface area contributed by atoms with Crippen molar-refractivity contribution >= 4 is 12.0 Å². The third-order valence-corrected chi connectivity index (χ3v) is 3.93. The number of likely N-dealkylation sites (N-methyl/N-ethyl adjacent to an activating group) is 1. The first-order valence-electron chi connectivity index (χ1n) is 6.80. The number of likely N-dealkylation sites (tertiary alicyclic amines) is 1. The number of hydrogen-bond acceptors (Lipinski definition) is 4. The summed E-state index contributed by atoms with van der Waals surface area (Å²) in [5, 5.41) is 0. The quantitative estimate of drug-likeness (QED) is 0.813. The summed E-state index contributed by atoms with van der Waals surface area (Å²) in [6, 6.07) is 2.98. The number of amides is 2. The predicted octanol–water partition coefficient (Wildman–Crippen LogP) is 1.20. The van der Waals surface area contributed by atoms with Crippen LogP contribution >= 0.6 is 0 Å². The second kappa shape index (κ2) is 5.11. The van der Waals surface area contributed by atoms with E-state index in [1.165, 1.54) is 4.90 Å². The number of cyclic esters (lactones) is 1. The zero-order valence-electron chi connectivity index (χ0n) is 11.4. The molecule has 2 aliphatic heterocycles. The summed E-state index contributed by atoms with van der Waals surface area (Å²) in [6.07, 6.45) is 4.32. The molecule has 0 spiro atoms. The summed E-state index contributed by atoms with van der Waals surface area (Å²) in [7, 11) is 1.61. The van der Waals surface area contributed by atoms with Crippen LogP contribution in [0, 0.1) is 0 Å². The summed E-state index contributed by atoms with van der Waals surface area (Å²) < 4.78 is 5.36. The van der Waals surface area contributed by atoms with Gasteiger partial charge in [0.1, 0.15) is 0 Å². The maximum Gasteiger partial charge on any atom is 0.411 e. The van der Waals surface area contributed by atoms with E-state index in [0.29, 0.717) is 0 Å². The Morgan fingerprint density at radius 1 is 1.30 bits per heavy atom. The smallest absolute Gasteiger partial charge is 0.411 e. The van der Waals surface area contributed by atoms with Crippen molar-refractivity contribution in [1.29, 1.82) is 0 Å². The molecule has 0 bridgehead atoms. The van der Waals surface area contributed by atoms with Crippen LogP contribution in [0.2, 0.25) is 0 Å². The minimum absolute atomic E-state index is 0.0299. The third kappa shape index (κ3) is 2.11. The van der Waals surface area contributed by atoms with Crippen LogP contribution in [0.3, 0.4) is 0 Å². The zero-order valence-corrected chi connectivity index (χ0v) is 11.4. The van der Waals surface area contributed by atoms with E-state index >= 15 is 0 Å². The van der Waals surface area contributed by atoms with Gasteiger partial charge in [-0.1, -0.05) is 0 Å². The van der Waals surface area contributed by atoms with Gasteiger partial charge in [-0.15, -0.1) is 0 Å². The molecular weight excluding hydrogens is 258 g/mol. The van der Waals surface area contributed by atoms with Gasteiger partial charge in [-0.05, 0) is 30.5 Å². The lowest BCUT2D eigenvalue weighted by molar-refractivity contribution is -0.135. The summed E-state index contributed by atoms with van der Waals surface area (Å²) in [6.45, 7) is 1.53. The molecule has 3 heterocycles. The van der Waals surface area contributed by atoms with Crippen molar-refractivity contribution in [3.8, 4) is 0 Å². The van der Waals surface area contributed by atoms with Crippen LogP contribution < -0.4 is 0 Å². The molecule has 20 heavy (non-hydrogen) atoms. The first-order chi connectivity index (χ1) is 9.68. The van der Waals surface area contributed by atoms with E-state index in [1.807, 2.05) is 4.90 Å². The number of carbonyl (C=O) groups excluding carboxylic acids is 2. The minimum atomic E-state index is -0.581. The van der Waals surface area contributed by atoms with Gasteiger partial charge < -0.3 is 9.64 Å².